The lowest BCUT2D eigenvalue weighted by Crippen LogP contribution is -2.48. The van der Waals surface area contributed by atoms with Crippen LogP contribution in [0.25, 0.3) is 0 Å². The van der Waals surface area contributed by atoms with Gasteiger partial charge < -0.3 is 15.1 Å². The van der Waals surface area contributed by atoms with Crippen molar-refractivity contribution in [3.05, 3.63) is 58.1 Å². The summed E-state index contributed by atoms with van der Waals surface area (Å²) in [5, 5.41) is 6.88. The Hall–Kier alpha value is -2.35. The molecule has 2 amide bonds. The SMILES string of the molecule is CC(=O)N1CCN(c2ccc(NC(=S)NC(=O)c3ccc(Cl)cc3)cc2Cl)CC1. The van der Waals surface area contributed by atoms with E-state index in [0.717, 1.165) is 18.8 Å². The van der Waals surface area contributed by atoms with Crippen LogP contribution in [0.5, 0.6) is 0 Å². The minimum atomic E-state index is -0.328. The van der Waals surface area contributed by atoms with E-state index in [1.165, 1.54) is 0 Å². The third-order valence-corrected chi connectivity index (χ3v) is 5.36. The van der Waals surface area contributed by atoms with E-state index < -0.39 is 0 Å². The Morgan fingerprint density at radius 2 is 1.66 bits per heavy atom. The van der Waals surface area contributed by atoms with Gasteiger partial charge in [-0.25, -0.2) is 0 Å². The monoisotopic (exact) mass is 450 g/mol. The summed E-state index contributed by atoms with van der Waals surface area (Å²) in [6.07, 6.45) is 0. The lowest BCUT2D eigenvalue weighted by Gasteiger charge is -2.36. The molecule has 2 aromatic rings. The number of amides is 2. The number of piperazine rings is 1. The van der Waals surface area contributed by atoms with Gasteiger partial charge in [0.05, 0.1) is 10.7 Å². The number of rotatable bonds is 3. The van der Waals surface area contributed by atoms with Gasteiger partial charge in [0.15, 0.2) is 5.11 Å². The van der Waals surface area contributed by atoms with Crippen molar-refractivity contribution in [3.8, 4) is 0 Å². The minimum Gasteiger partial charge on any atom is -0.367 e. The average Bonchev–Trinajstić information content (AvgIpc) is 2.68. The fourth-order valence-corrected chi connectivity index (χ4v) is 3.68. The van der Waals surface area contributed by atoms with E-state index in [2.05, 4.69) is 15.5 Å². The molecule has 29 heavy (non-hydrogen) atoms. The fourth-order valence-electron chi connectivity index (χ4n) is 3.04. The van der Waals surface area contributed by atoms with Crippen molar-refractivity contribution in [1.29, 1.82) is 0 Å². The Labute approximate surface area is 184 Å². The molecule has 6 nitrogen and oxygen atoms in total. The molecule has 3 rings (SSSR count). The molecule has 0 radical (unpaired) electrons. The number of benzene rings is 2. The number of nitrogens with one attached hydrogen (secondary N) is 2. The maximum absolute atomic E-state index is 12.2. The molecule has 1 fully saturated rings. The molecule has 0 spiro atoms. The van der Waals surface area contributed by atoms with Gasteiger partial charge in [0.2, 0.25) is 5.91 Å². The largest absolute Gasteiger partial charge is 0.367 e. The van der Waals surface area contributed by atoms with Gasteiger partial charge in [-0.05, 0) is 54.7 Å². The Kier molecular flexibility index (Phi) is 6.95. The van der Waals surface area contributed by atoms with Crippen molar-refractivity contribution in [2.24, 2.45) is 0 Å². The number of anilines is 2. The van der Waals surface area contributed by atoms with E-state index >= 15 is 0 Å². The second kappa shape index (κ2) is 9.43. The van der Waals surface area contributed by atoms with Gasteiger partial charge >= 0.3 is 0 Å². The predicted molar refractivity (Wildman–Crippen MR) is 121 cm³/mol. The molecule has 9 heteroatoms. The third-order valence-electron chi connectivity index (χ3n) is 4.60. The minimum absolute atomic E-state index is 0.0875. The molecular weight excluding hydrogens is 431 g/mol. The van der Waals surface area contributed by atoms with E-state index in [9.17, 15) is 9.59 Å². The molecular formula is C20H20Cl2N4O2S. The fraction of sp³-hybridized carbons (Fsp3) is 0.250. The van der Waals surface area contributed by atoms with Crippen LogP contribution in [-0.2, 0) is 4.79 Å². The maximum Gasteiger partial charge on any atom is 0.257 e. The van der Waals surface area contributed by atoms with Gasteiger partial charge in [0.1, 0.15) is 0 Å². The number of halogens is 2. The van der Waals surface area contributed by atoms with Crippen LogP contribution in [0.4, 0.5) is 11.4 Å². The number of hydrogen-bond donors (Lipinski definition) is 2. The molecule has 0 aliphatic carbocycles. The van der Waals surface area contributed by atoms with Gasteiger partial charge in [0.25, 0.3) is 5.91 Å². The topological polar surface area (TPSA) is 64.7 Å². The first-order chi connectivity index (χ1) is 13.8. The molecule has 1 saturated heterocycles. The van der Waals surface area contributed by atoms with E-state index in [1.54, 1.807) is 37.3 Å². The molecule has 0 aromatic heterocycles. The van der Waals surface area contributed by atoms with Crippen molar-refractivity contribution >= 4 is 63.7 Å². The second-order valence-electron chi connectivity index (χ2n) is 6.57. The molecule has 2 N–H and O–H groups in total. The Morgan fingerprint density at radius 3 is 2.24 bits per heavy atom. The number of hydrogen-bond acceptors (Lipinski definition) is 4. The number of carbonyl (C=O) groups excluding carboxylic acids is 2. The van der Waals surface area contributed by atoms with Gasteiger partial charge in [-0.3, -0.25) is 14.9 Å². The molecule has 1 heterocycles. The zero-order chi connectivity index (χ0) is 21.0. The molecule has 0 unspecified atom stereocenters. The van der Waals surface area contributed by atoms with E-state index in [1.807, 2.05) is 17.0 Å². The van der Waals surface area contributed by atoms with Crippen LogP contribution in [0.2, 0.25) is 10.0 Å². The van der Waals surface area contributed by atoms with Crippen molar-refractivity contribution in [2.45, 2.75) is 6.92 Å². The van der Waals surface area contributed by atoms with Gasteiger partial charge in [0, 0.05) is 49.4 Å². The van der Waals surface area contributed by atoms with Crippen LogP contribution < -0.4 is 15.5 Å². The first-order valence-corrected chi connectivity index (χ1v) is 10.2. The average molecular weight is 451 g/mol. The Bertz CT molecular complexity index is 929. The van der Waals surface area contributed by atoms with Crippen molar-refractivity contribution in [2.75, 3.05) is 36.4 Å². The molecule has 0 atom stereocenters. The summed E-state index contributed by atoms with van der Waals surface area (Å²) in [5.74, 6) is -0.241. The zero-order valence-electron chi connectivity index (χ0n) is 15.7. The first kappa shape index (κ1) is 21.4. The van der Waals surface area contributed by atoms with Crippen LogP contribution >= 0.6 is 35.4 Å². The Morgan fingerprint density at radius 1 is 1.00 bits per heavy atom. The molecule has 2 aromatic carbocycles. The van der Waals surface area contributed by atoms with E-state index in [4.69, 9.17) is 35.4 Å². The summed E-state index contributed by atoms with van der Waals surface area (Å²) in [7, 11) is 0. The highest BCUT2D eigenvalue weighted by molar-refractivity contribution is 7.80. The van der Waals surface area contributed by atoms with Crippen molar-refractivity contribution in [3.63, 3.8) is 0 Å². The summed E-state index contributed by atoms with van der Waals surface area (Å²) in [5.41, 5.74) is 2.02. The van der Waals surface area contributed by atoms with Crippen LogP contribution in [0.3, 0.4) is 0 Å². The van der Waals surface area contributed by atoms with Crippen LogP contribution in [0.1, 0.15) is 17.3 Å². The van der Waals surface area contributed by atoms with E-state index in [0.29, 0.717) is 34.4 Å². The molecule has 0 saturated carbocycles. The number of nitrogens with zero attached hydrogens (tertiary/aromatic N) is 2. The van der Waals surface area contributed by atoms with Crippen molar-refractivity contribution < 1.29 is 9.59 Å². The standard InChI is InChI=1S/C20H20Cl2N4O2S/c1-13(27)25-8-10-26(11-9-25)18-7-6-16(12-17(18)22)23-20(29)24-19(28)14-2-4-15(21)5-3-14/h2-7,12H,8-11H2,1H3,(H2,23,24,28,29). The molecule has 1 aliphatic heterocycles. The van der Waals surface area contributed by atoms with Crippen molar-refractivity contribution in [1.82, 2.24) is 10.2 Å². The predicted octanol–water partition coefficient (Wildman–Crippen LogP) is 3.79. The highest BCUT2D eigenvalue weighted by atomic mass is 35.5. The lowest BCUT2D eigenvalue weighted by atomic mass is 10.2. The highest BCUT2D eigenvalue weighted by Crippen LogP contribution is 2.29. The summed E-state index contributed by atoms with van der Waals surface area (Å²) < 4.78 is 0. The summed E-state index contributed by atoms with van der Waals surface area (Å²) in [6.45, 7) is 4.37. The van der Waals surface area contributed by atoms with Gasteiger partial charge in [-0.2, -0.15) is 0 Å². The zero-order valence-corrected chi connectivity index (χ0v) is 18.1. The molecule has 1 aliphatic rings. The van der Waals surface area contributed by atoms with E-state index in [-0.39, 0.29) is 16.9 Å². The third kappa shape index (κ3) is 5.59. The highest BCUT2D eigenvalue weighted by Gasteiger charge is 2.20. The van der Waals surface area contributed by atoms with Gasteiger partial charge in [-0.15, -0.1) is 0 Å². The van der Waals surface area contributed by atoms with Crippen LogP contribution in [0, 0.1) is 0 Å². The summed E-state index contributed by atoms with van der Waals surface area (Å²) in [6, 6.07) is 12.0. The maximum atomic E-state index is 12.2. The lowest BCUT2D eigenvalue weighted by molar-refractivity contribution is -0.129. The quantitative estimate of drug-likeness (QED) is 0.696. The second-order valence-corrected chi connectivity index (χ2v) is 7.83. The first-order valence-electron chi connectivity index (χ1n) is 9.01. The van der Waals surface area contributed by atoms with Gasteiger partial charge in [-0.1, -0.05) is 23.2 Å². The summed E-state index contributed by atoms with van der Waals surface area (Å²) >= 11 is 17.5. The van der Waals surface area contributed by atoms with Crippen LogP contribution in [-0.4, -0.2) is 48.0 Å². The normalized spacial score (nSPS) is 13.8. The smallest absolute Gasteiger partial charge is 0.257 e. The number of carbonyl (C=O) groups is 2. The number of thiocarbonyl (C=S) groups is 1. The Balaban J connectivity index is 1.58. The molecule has 0 bridgehead atoms. The molecule has 152 valence electrons. The summed E-state index contributed by atoms with van der Waals surface area (Å²) in [4.78, 5) is 27.6. The van der Waals surface area contributed by atoms with Crippen LogP contribution in [0.15, 0.2) is 42.5 Å².